The fourth-order valence-electron chi connectivity index (χ4n) is 2.12. The monoisotopic (exact) mass is 325 g/mol. The molecule has 1 heterocycles. The summed E-state index contributed by atoms with van der Waals surface area (Å²) in [5.41, 5.74) is 8.72. The zero-order chi connectivity index (χ0) is 15.8. The largest absolute Gasteiger partial charge is 0.398 e. The molecule has 0 bridgehead atoms. The number of rotatable bonds is 3. The molecule has 112 valence electrons. The van der Waals surface area contributed by atoms with Crippen LogP contribution in [0.1, 0.15) is 16.7 Å². The molecule has 0 fully saturated rings. The minimum atomic E-state index is -3.75. The molecule has 0 saturated carbocycles. The lowest BCUT2D eigenvalue weighted by Crippen LogP contribution is -2.17. The van der Waals surface area contributed by atoms with Gasteiger partial charge in [0.05, 0.1) is 10.6 Å². The van der Waals surface area contributed by atoms with E-state index in [0.29, 0.717) is 22.5 Å². The molecule has 21 heavy (non-hydrogen) atoms. The number of nitrogens with two attached hydrogens (primary N) is 1. The first-order valence-corrected chi connectivity index (χ1v) is 8.09. The zero-order valence-electron chi connectivity index (χ0n) is 11.9. The Balaban J connectivity index is 2.55. The molecule has 0 saturated heterocycles. The molecule has 0 spiro atoms. The van der Waals surface area contributed by atoms with Gasteiger partial charge in [0, 0.05) is 11.9 Å². The van der Waals surface area contributed by atoms with Gasteiger partial charge < -0.3 is 5.73 Å². The first-order valence-electron chi connectivity index (χ1n) is 6.23. The van der Waals surface area contributed by atoms with E-state index in [9.17, 15) is 8.42 Å². The van der Waals surface area contributed by atoms with Crippen LogP contribution in [0, 0.1) is 20.8 Å². The van der Waals surface area contributed by atoms with Crippen molar-refractivity contribution in [2.75, 3.05) is 10.5 Å². The average molecular weight is 326 g/mol. The van der Waals surface area contributed by atoms with Gasteiger partial charge in [-0.3, -0.25) is 4.72 Å². The van der Waals surface area contributed by atoms with Crippen LogP contribution in [0.2, 0.25) is 5.15 Å². The Morgan fingerprint density at radius 2 is 1.86 bits per heavy atom. The van der Waals surface area contributed by atoms with E-state index in [1.54, 1.807) is 19.9 Å². The molecule has 2 aromatic rings. The normalized spacial score (nSPS) is 11.4. The van der Waals surface area contributed by atoms with Crippen molar-refractivity contribution in [1.29, 1.82) is 0 Å². The maximum atomic E-state index is 12.6. The van der Waals surface area contributed by atoms with E-state index in [2.05, 4.69) is 9.71 Å². The predicted octanol–water partition coefficient (Wildman–Crippen LogP) is 3.04. The smallest absolute Gasteiger partial charge is 0.262 e. The van der Waals surface area contributed by atoms with Crippen LogP contribution in [0.15, 0.2) is 29.3 Å². The molecule has 2 rings (SSSR count). The van der Waals surface area contributed by atoms with Gasteiger partial charge in [0.25, 0.3) is 10.0 Å². The number of aromatic nitrogens is 1. The van der Waals surface area contributed by atoms with Crippen LogP contribution in [0.5, 0.6) is 0 Å². The number of halogens is 1. The summed E-state index contributed by atoms with van der Waals surface area (Å²) in [6.45, 7) is 5.28. The highest BCUT2D eigenvalue weighted by Crippen LogP contribution is 2.29. The molecule has 1 aromatic heterocycles. The molecule has 3 N–H and O–H groups in total. The Kier molecular flexibility index (Phi) is 4.11. The van der Waals surface area contributed by atoms with E-state index in [0.717, 1.165) is 5.56 Å². The number of nitrogen functional groups attached to an aromatic ring is 1. The molecule has 0 aliphatic rings. The third-order valence-corrected chi connectivity index (χ3v) is 5.19. The summed E-state index contributed by atoms with van der Waals surface area (Å²) in [7, 11) is -3.75. The zero-order valence-corrected chi connectivity index (χ0v) is 13.5. The molecular formula is C14H16ClN3O2S. The van der Waals surface area contributed by atoms with Crippen molar-refractivity contribution in [3.63, 3.8) is 0 Å². The Labute approximate surface area is 129 Å². The van der Waals surface area contributed by atoms with Crippen LogP contribution in [-0.2, 0) is 10.0 Å². The first-order chi connectivity index (χ1) is 9.72. The summed E-state index contributed by atoms with van der Waals surface area (Å²) in [5, 5.41) is 0.215. The van der Waals surface area contributed by atoms with Crippen LogP contribution < -0.4 is 10.5 Å². The van der Waals surface area contributed by atoms with E-state index >= 15 is 0 Å². The van der Waals surface area contributed by atoms with Gasteiger partial charge >= 0.3 is 0 Å². The van der Waals surface area contributed by atoms with Gasteiger partial charge in [0.1, 0.15) is 5.15 Å². The Morgan fingerprint density at radius 3 is 2.48 bits per heavy atom. The number of hydrogen-bond acceptors (Lipinski definition) is 4. The van der Waals surface area contributed by atoms with Gasteiger partial charge in [0.2, 0.25) is 0 Å². The molecular weight excluding hydrogens is 310 g/mol. The van der Waals surface area contributed by atoms with Crippen LogP contribution in [0.4, 0.5) is 11.4 Å². The molecule has 0 aliphatic carbocycles. The quantitative estimate of drug-likeness (QED) is 0.671. The number of benzene rings is 1. The maximum Gasteiger partial charge on any atom is 0.262 e. The first kappa shape index (κ1) is 15.6. The SMILES string of the molecule is Cc1cc(N)c(C)c(S(=O)(=O)Nc2ccnc(Cl)c2)c1C. The third kappa shape index (κ3) is 3.11. The minimum absolute atomic E-state index is 0.202. The van der Waals surface area contributed by atoms with E-state index < -0.39 is 10.0 Å². The lowest BCUT2D eigenvalue weighted by molar-refractivity contribution is 0.600. The second-order valence-electron chi connectivity index (χ2n) is 4.83. The highest BCUT2D eigenvalue weighted by Gasteiger charge is 2.22. The van der Waals surface area contributed by atoms with Crippen molar-refractivity contribution in [3.05, 3.63) is 46.2 Å². The maximum absolute atomic E-state index is 12.6. The van der Waals surface area contributed by atoms with Gasteiger partial charge in [-0.1, -0.05) is 11.6 Å². The summed E-state index contributed by atoms with van der Waals surface area (Å²) in [6.07, 6.45) is 1.44. The van der Waals surface area contributed by atoms with E-state index in [-0.39, 0.29) is 10.0 Å². The van der Waals surface area contributed by atoms with E-state index in [1.807, 2.05) is 6.92 Å². The van der Waals surface area contributed by atoms with Crippen LogP contribution in [-0.4, -0.2) is 13.4 Å². The molecule has 1 aromatic carbocycles. The van der Waals surface area contributed by atoms with Crippen molar-refractivity contribution in [2.45, 2.75) is 25.7 Å². The van der Waals surface area contributed by atoms with Gasteiger partial charge in [-0.2, -0.15) is 0 Å². The summed E-state index contributed by atoms with van der Waals surface area (Å²) < 4.78 is 27.8. The van der Waals surface area contributed by atoms with Crippen LogP contribution >= 0.6 is 11.6 Å². The Morgan fingerprint density at radius 1 is 1.19 bits per heavy atom. The minimum Gasteiger partial charge on any atom is -0.398 e. The van der Waals surface area contributed by atoms with Crippen molar-refractivity contribution in [2.24, 2.45) is 0 Å². The van der Waals surface area contributed by atoms with Gasteiger partial charge in [0.15, 0.2) is 0 Å². The third-order valence-electron chi connectivity index (χ3n) is 3.33. The number of hydrogen-bond donors (Lipinski definition) is 2. The standard InChI is InChI=1S/C14H16ClN3O2S/c1-8-6-12(16)10(3)14(9(8)2)21(19,20)18-11-4-5-17-13(15)7-11/h4-7H,16H2,1-3H3,(H,17,18). The molecule has 0 aliphatic heterocycles. The molecule has 0 unspecified atom stereocenters. The lowest BCUT2D eigenvalue weighted by Gasteiger charge is -2.16. The number of sulfonamides is 1. The van der Waals surface area contributed by atoms with Gasteiger partial charge in [-0.15, -0.1) is 0 Å². The summed E-state index contributed by atoms with van der Waals surface area (Å²) in [4.78, 5) is 4.02. The topological polar surface area (TPSA) is 85.1 Å². The molecule has 7 heteroatoms. The summed E-state index contributed by atoms with van der Waals surface area (Å²) >= 11 is 5.77. The number of aryl methyl sites for hydroxylation is 1. The van der Waals surface area contributed by atoms with Gasteiger partial charge in [-0.05, 0) is 55.7 Å². The average Bonchev–Trinajstić information content (AvgIpc) is 2.35. The second-order valence-corrected chi connectivity index (χ2v) is 6.84. The Hall–Kier alpha value is -1.79. The molecule has 0 atom stereocenters. The second kappa shape index (κ2) is 5.54. The van der Waals surface area contributed by atoms with Crippen molar-refractivity contribution >= 4 is 33.0 Å². The molecule has 5 nitrogen and oxygen atoms in total. The molecule has 0 radical (unpaired) electrons. The highest BCUT2D eigenvalue weighted by molar-refractivity contribution is 7.92. The van der Waals surface area contributed by atoms with Crippen molar-refractivity contribution < 1.29 is 8.42 Å². The number of anilines is 2. The van der Waals surface area contributed by atoms with Crippen molar-refractivity contribution in [3.8, 4) is 0 Å². The fourth-order valence-corrected chi connectivity index (χ4v) is 3.91. The number of pyridine rings is 1. The fraction of sp³-hybridized carbons (Fsp3) is 0.214. The summed E-state index contributed by atoms with van der Waals surface area (Å²) in [6, 6.07) is 4.75. The molecule has 0 amide bonds. The van der Waals surface area contributed by atoms with Crippen molar-refractivity contribution in [1.82, 2.24) is 4.98 Å². The van der Waals surface area contributed by atoms with Crippen LogP contribution in [0.25, 0.3) is 0 Å². The predicted molar refractivity (Wildman–Crippen MR) is 85.1 cm³/mol. The van der Waals surface area contributed by atoms with E-state index in [1.165, 1.54) is 18.3 Å². The number of nitrogens with one attached hydrogen (secondary N) is 1. The van der Waals surface area contributed by atoms with Gasteiger partial charge in [-0.25, -0.2) is 13.4 Å². The summed E-state index contributed by atoms with van der Waals surface area (Å²) in [5.74, 6) is 0. The highest BCUT2D eigenvalue weighted by atomic mass is 35.5. The number of nitrogens with zero attached hydrogens (tertiary/aromatic N) is 1. The van der Waals surface area contributed by atoms with E-state index in [4.69, 9.17) is 17.3 Å². The lowest BCUT2D eigenvalue weighted by atomic mass is 10.1. The Bertz CT molecular complexity index is 778. The van der Waals surface area contributed by atoms with Crippen LogP contribution in [0.3, 0.4) is 0 Å².